The van der Waals surface area contributed by atoms with Gasteiger partial charge in [0.05, 0.1) is 0 Å². The summed E-state index contributed by atoms with van der Waals surface area (Å²) < 4.78 is 0. The van der Waals surface area contributed by atoms with E-state index in [1.807, 2.05) is 0 Å². The Bertz CT molecular complexity index is 355. The maximum atomic E-state index is 12.2. The van der Waals surface area contributed by atoms with E-state index in [1.54, 1.807) is 5.57 Å². The van der Waals surface area contributed by atoms with Gasteiger partial charge in [-0.2, -0.15) is 0 Å². The molecular weight excluding hydrogens is 256 g/mol. The van der Waals surface area contributed by atoms with Crippen molar-refractivity contribution < 1.29 is 4.79 Å². The van der Waals surface area contributed by atoms with Crippen LogP contribution in [0.1, 0.15) is 90.9 Å². The molecule has 3 atom stereocenters. The van der Waals surface area contributed by atoms with Gasteiger partial charge in [0.15, 0.2) is 5.78 Å². The number of unbranched alkanes of at least 4 members (excludes halogenated alkanes) is 1. The summed E-state index contributed by atoms with van der Waals surface area (Å²) in [6.45, 7) is 4.45. The van der Waals surface area contributed by atoms with Gasteiger partial charge in [-0.3, -0.25) is 4.79 Å². The van der Waals surface area contributed by atoms with Gasteiger partial charge < -0.3 is 0 Å². The van der Waals surface area contributed by atoms with Crippen LogP contribution < -0.4 is 0 Å². The fraction of sp³-hybridized carbons (Fsp3) is 0.850. The summed E-state index contributed by atoms with van der Waals surface area (Å²) in [5.41, 5.74) is 1.54. The second kappa shape index (κ2) is 8.76. The molecule has 0 aromatic rings. The highest BCUT2D eigenvalue weighted by Crippen LogP contribution is 2.41. The first-order chi connectivity index (χ1) is 10.2. The lowest BCUT2D eigenvalue weighted by atomic mass is 9.78. The highest BCUT2D eigenvalue weighted by molar-refractivity contribution is 5.95. The molecule has 1 saturated carbocycles. The van der Waals surface area contributed by atoms with Gasteiger partial charge in [-0.05, 0) is 37.2 Å². The first kappa shape index (κ1) is 16.8. The van der Waals surface area contributed by atoms with Gasteiger partial charge in [-0.15, -0.1) is 0 Å². The van der Waals surface area contributed by atoms with Crippen molar-refractivity contribution in [3.8, 4) is 0 Å². The summed E-state index contributed by atoms with van der Waals surface area (Å²) in [5, 5.41) is 0. The average molecular weight is 290 g/mol. The zero-order chi connectivity index (χ0) is 15.1. The van der Waals surface area contributed by atoms with Crippen molar-refractivity contribution in [2.24, 2.45) is 17.8 Å². The molecule has 0 heterocycles. The van der Waals surface area contributed by atoms with Gasteiger partial charge in [-0.25, -0.2) is 0 Å². The number of carbonyl (C=O) groups is 1. The summed E-state index contributed by atoms with van der Waals surface area (Å²) in [7, 11) is 0. The van der Waals surface area contributed by atoms with E-state index >= 15 is 0 Å². The molecule has 2 aliphatic rings. The van der Waals surface area contributed by atoms with E-state index in [-0.39, 0.29) is 5.92 Å². The van der Waals surface area contributed by atoms with Crippen LogP contribution in [-0.4, -0.2) is 5.78 Å². The maximum absolute atomic E-state index is 12.2. The fourth-order valence-corrected chi connectivity index (χ4v) is 4.29. The molecule has 0 aromatic carbocycles. The quantitative estimate of drug-likeness (QED) is 0.615. The second-order valence-electron chi connectivity index (χ2n) is 7.33. The molecule has 0 bridgehead atoms. The molecule has 0 radical (unpaired) electrons. The lowest BCUT2D eigenvalue weighted by Gasteiger charge is -2.27. The zero-order valence-corrected chi connectivity index (χ0v) is 14.2. The predicted molar refractivity (Wildman–Crippen MR) is 90.3 cm³/mol. The summed E-state index contributed by atoms with van der Waals surface area (Å²) in [4.78, 5) is 12.2. The van der Waals surface area contributed by atoms with Gasteiger partial charge in [0.2, 0.25) is 0 Å². The minimum absolute atomic E-state index is 0.257. The first-order valence-corrected chi connectivity index (χ1v) is 9.49. The van der Waals surface area contributed by atoms with Gasteiger partial charge in [0, 0.05) is 5.92 Å². The minimum Gasteiger partial charge on any atom is -0.295 e. The van der Waals surface area contributed by atoms with E-state index < -0.39 is 0 Å². The van der Waals surface area contributed by atoms with E-state index in [2.05, 4.69) is 19.9 Å². The lowest BCUT2D eigenvalue weighted by molar-refractivity contribution is -0.117. The van der Waals surface area contributed by atoms with E-state index in [1.165, 1.54) is 77.0 Å². The molecule has 1 heteroatoms. The van der Waals surface area contributed by atoms with Crippen LogP contribution in [-0.2, 0) is 4.79 Å². The largest absolute Gasteiger partial charge is 0.295 e. The summed E-state index contributed by atoms with van der Waals surface area (Å²) >= 11 is 0. The van der Waals surface area contributed by atoms with E-state index in [0.29, 0.717) is 17.6 Å². The third-order valence-corrected chi connectivity index (χ3v) is 5.73. The SMILES string of the molecule is CCCCC1CCCCCCCCCC2C1=CC(=O)C2C. The highest BCUT2D eigenvalue weighted by atomic mass is 16.1. The van der Waals surface area contributed by atoms with Crippen LogP contribution >= 0.6 is 0 Å². The third-order valence-electron chi connectivity index (χ3n) is 5.73. The summed E-state index contributed by atoms with van der Waals surface area (Å²) in [6.07, 6.45) is 18.2. The standard InChI is InChI=1S/C20H34O/c1-3-4-12-17-13-10-8-6-5-7-9-11-14-18-16(2)20(21)15-19(17)18/h15-18H,3-14H2,1-2H3. The Morgan fingerprint density at radius 3 is 2.29 bits per heavy atom. The highest BCUT2D eigenvalue weighted by Gasteiger charge is 2.35. The van der Waals surface area contributed by atoms with Crippen LogP contribution in [0.2, 0.25) is 0 Å². The van der Waals surface area contributed by atoms with Gasteiger partial charge in [0.25, 0.3) is 0 Å². The van der Waals surface area contributed by atoms with Crippen molar-refractivity contribution in [3.63, 3.8) is 0 Å². The molecule has 0 amide bonds. The van der Waals surface area contributed by atoms with Gasteiger partial charge in [0.1, 0.15) is 0 Å². The Morgan fingerprint density at radius 2 is 1.62 bits per heavy atom. The number of fused-ring (bicyclic) bond motifs is 1. The van der Waals surface area contributed by atoms with E-state index in [9.17, 15) is 4.79 Å². The van der Waals surface area contributed by atoms with Gasteiger partial charge >= 0.3 is 0 Å². The number of hydrogen-bond donors (Lipinski definition) is 0. The van der Waals surface area contributed by atoms with Crippen LogP contribution in [0.3, 0.4) is 0 Å². The molecule has 120 valence electrons. The number of carbonyl (C=O) groups excluding carboxylic acids is 1. The average Bonchev–Trinajstić information content (AvgIpc) is 2.75. The molecule has 2 rings (SSSR count). The third kappa shape index (κ3) is 4.69. The first-order valence-electron chi connectivity index (χ1n) is 9.49. The molecule has 1 nitrogen and oxygen atoms in total. The van der Waals surface area contributed by atoms with Crippen molar-refractivity contribution in [3.05, 3.63) is 11.6 Å². The van der Waals surface area contributed by atoms with Crippen LogP contribution in [0.25, 0.3) is 0 Å². The van der Waals surface area contributed by atoms with Gasteiger partial charge in [-0.1, -0.05) is 77.2 Å². The topological polar surface area (TPSA) is 17.1 Å². The van der Waals surface area contributed by atoms with E-state index in [0.717, 1.165) is 0 Å². The monoisotopic (exact) mass is 290 g/mol. The molecule has 3 unspecified atom stereocenters. The zero-order valence-electron chi connectivity index (χ0n) is 14.2. The molecule has 1 fully saturated rings. The number of rotatable bonds is 3. The van der Waals surface area contributed by atoms with Crippen LogP contribution in [0, 0.1) is 17.8 Å². The minimum atomic E-state index is 0.257. The summed E-state index contributed by atoms with van der Waals surface area (Å²) in [5.74, 6) is 1.93. The molecule has 2 aliphatic carbocycles. The molecule has 0 spiro atoms. The molecule has 0 saturated heterocycles. The Labute approximate surface area is 131 Å². The molecule has 0 aliphatic heterocycles. The predicted octanol–water partition coefficient (Wildman–Crippen LogP) is 6.08. The molecule has 21 heavy (non-hydrogen) atoms. The second-order valence-corrected chi connectivity index (χ2v) is 7.33. The number of hydrogen-bond acceptors (Lipinski definition) is 1. The van der Waals surface area contributed by atoms with Crippen LogP contribution in [0.15, 0.2) is 11.6 Å². The van der Waals surface area contributed by atoms with Crippen LogP contribution in [0.4, 0.5) is 0 Å². The smallest absolute Gasteiger partial charge is 0.159 e. The van der Waals surface area contributed by atoms with E-state index in [4.69, 9.17) is 0 Å². The van der Waals surface area contributed by atoms with Crippen molar-refractivity contribution in [2.75, 3.05) is 0 Å². The lowest BCUT2D eigenvalue weighted by Crippen LogP contribution is -2.18. The fourth-order valence-electron chi connectivity index (χ4n) is 4.29. The maximum Gasteiger partial charge on any atom is 0.159 e. The van der Waals surface area contributed by atoms with Crippen molar-refractivity contribution >= 4 is 5.78 Å². The Hall–Kier alpha value is -0.590. The Morgan fingerprint density at radius 1 is 1.00 bits per heavy atom. The normalized spacial score (nSPS) is 32.0. The molecule has 0 aromatic heterocycles. The Balaban J connectivity index is 2.09. The van der Waals surface area contributed by atoms with Crippen molar-refractivity contribution in [1.29, 1.82) is 0 Å². The number of ketones is 1. The number of allylic oxidation sites excluding steroid dienone is 2. The molecule has 0 N–H and O–H groups in total. The van der Waals surface area contributed by atoms with Crippen molar-refractivity contribution in [1.82, 2.24) is 0 Å². The Kier molecular flexibility index (Phi) is 6.99. The van der Waals surface area contributed by atoms with Crippen molar-refractivity contribution in [2.45, 2.75) is 90.9 Å². The molecular formula is C20H34O. The summed E-state index contributed by atoms with van der Waals surface area (Å²) in [6, 6.07) is 0. The van der Waals surface area contributed by atoms with Crippen LogP contribution in [0.5, 0.6) is 0 Å².